The van der Waals surface area contributed by atoms with Crippen LogP contribution in [0.5, 0.6) is 0 Å². The molecular weight excluding hydrogens is 589 g/mol. The zero-order valence-electron chi connectivity index (χ0n) is 30.7. The number of hydrogen-bond acceptors (Lipinski definition) is 0. The van der Waals surface area contributed by atoms with E-state index >= 15 is 0 Å². The Bertz CT molecular complexity index is 1600. The smallest absolute Gasteiger partial charge is 0.0683 e. The van der Waals surface area contributed by atoms with Gasteiger partial charge in [-0.2, -0.15) is 0 Å². The molecule has 0 unspecified atom stereocenters. The molecule has 0 aliphatic heterocycles. The molecule has 0 spiro atoms. The summed E-state index contributed by atoms with van der Waals surface area (Å²) in [6, 6.07) is 61.8. The number of hydrogen-bond donors (Lipinski definition) is 0. The maximum Gasteiger partial charge on any atom is 0.0701 e. The molecule has 0 bridgehead atoms. The van der Waals surface area contributed by atoms with Gasteiger partial charge in [-0.05, 0) is 60.1 Å². The van der Waals surface area contributed by atoms with E-state index in [4.69, 9.17) is 0 Å². The van der Waals surface area contributed by atoms with Crippen molar-refractivity contribution in [1.82, 2.24) is 0 Å². The lowest BCUT2D eigenvalue weighted by Gasteiger charge is -2.38. The van der Waals surface area contributed by atoms with Crippen molar-refractivity contribution in [3.05, 3.63) is 214 Å². The van der Waals surface area contributed by atoms with E-state index in [1.54, 1.807) is 0 Å². The number of aryl methyl sites for hydroxylation is 2. The first-order valence-corrected chi connectivity index (χ1v) is 18.5. The van der Waals surface area contributed by atoms with Gasteiger partial charge in [0.2, 0.25) is 0 Å². The van der Waals surface area contributed by atoms with E-state index in [9.17, 15) is 0 Å². The fourth-order valence-electron chi connectivity index (χ4n) is 7.40. The highest BCUT2D eigenvalue weighted by molar-refractivity contribution is 5.60. The van der Waals surface area contributed by atoms with Crippen LogP contribution < -0.4 is 0 Å². The summed E-state index contributed by atoms with van der Waals surface area (Å²) in [6.07, 6.45) is 6.68. The number of benzene rings is 6. The van der Waals surface area contributed by atoms with Crippen molar-refractivity contribution in [2.45, 2.75) is 84.5 Å². The van der Waals surface area contributed by atoms with Gasteiger partial charge in [-0.15, -0.1) is 0 Å². The molecule has 1 saturated carbocycles. The van der Waals surface area contributed by atoms with Crippen molar-refractivity contribution < 1.29 is 0 Å². The third-order valence-corrected chi connectivity index (χ3v) is 9.74. The fraction of sp³-hybridized carbons (Fsp3) is 0.265. The van der Waals surface area contributed by atoms with Gasteiger partial charge < -0.3 is 0 Å². The Kier molecular flexibility index (Phi) is 14.2. The second kappa shape index (κ2) is 18.8. The van der Waals surface area contributed by atoms with Gasteiger partial charge in [-0.25, -0.2) is 0 Å². The van der Waals surface area contributed by atoms with E-state index in [1.165, 1.54) is 76.6 Å². The lowest BCUT2D eigenvalue weighted by atomic mass is 9.65. The van der Waals surface area contributed by atoms with Gasteiger partial charge in [0.25, 0.3) is 0 Å². The molecule has 0 aromatic heterocycles. The first-order valence-electron chi connectivity index (χ1n) is 18.5. The second-order valence-corrected chi connectivity index (χ2v) is 12.6. The van der Waals surface area contributed by atoms with Crippen LogP contribution in [0.25, 0.3) is 0 Å². The van der Waals surface area contributed by atoms with Gasteiger partial charge in [0.15, 0.2) is 0 Å². The van der Waals surface area contributed by atoms with Crippen molar-refractivity contribution >= 4 is 0 Å². The minimum Gasteiger partial charge on any atom is -0.0683 e. The van der Waals surface area contributed by atoms with Crippen molar-refractivity contribution in [3.8, 4) is 0 Å². The topological polar surface area (TPSA) is 0 Å². The summed E-state index contributed by atoms with van der Waals surface area (Å²) in [5.74, 6) is 0. The average Bonchev–Trinajstić information content (AvgIpc) is 3.20. The van der Waals surface area contributed by atoms with Gasteiger partial charge in [0, 0.05) is 5.41 Å². The van der Waals surface area contributed by atoms with E-state index < -0.39 is 0 Å². The Balaban J connectivity index is 0.000000213. The second-order valence-electron chi connectivity index (χ2n) is 12.6. The van der Waals surface area contributed by atoms with E-state index in [0.29, 0.717) is 0 Å². The van der Waals surface area contributed by atoms with Crippen LogP contribution in [0.15, 0.2) is 170 Å². The highest BCUT2D eigenvalue weighted by atomic mass is 14.4. The summed E-state index contributed by atoms with van der Waals surface area (Å²) < 4.78 is 0. The summed E-state index contributed by atoms with van der Waals surface area (Å²) in [4.78, 5) is 0. The molecule has 0 amide bonds. The van der Waals surface area contributed by atoms with E-state index in [1.807, 2.05) is 27.7 Å². The Morgan fingerprint density at radius 3 is 0.959 bits per heavy atom. The van der Waals surface area contributed by atoms with Crippen LogP contribution in [-0.4, -0.2) is 0 Å². The van der Waals surface area contributed by atoms with Crippen LogP contribution in [0.4, 0.5) is 0 Å². The zero-order valence-corrected chi connectivity index (χ0v) is 30.7. The van der Waals surface area contributed by atoms with Gasteiger partial charge >= 0.3 is 0 Å². The molecule has 1 aliphatic rings. The van der Waals surface area contributed by atoms with Crippen molar-refractivity contribution in [2.75, 3.05) is 0 Å². The zero-order chi connectivity index (χ0) is 35.0. The molecule has 0 atom stereocenters. The van der Waals surface area contributed by atoms with E-state index in [2.05, 4.69) is 184 Å². The van der Waals surface area contributed by atoms with Gasteiger partial charge in [-0.1, -0.05) is 228 Å². The lowest BCUT2D eigenvalue weighted by molar-refractivity contribution is 0.346. The predicted molar refractivity (Wildman–Crippen MR) is 214 cm³/mol. The normalized spacial score (nSPS) is 13.3. The molecule has 6 aromatic carbocycles. The first-order chi connectivity index (χ1) is 24.1. The summed E-state index contributed by atoms with van der Waals surface area (Å²) in [5.41, 5.74) is 10.6. The molecule has 7 rings (SSSR count). The van der Waals surface area contributed by atoms with Crippen molar-refractivity contribution in [2.24, 2.45) is 0 Å². The van der Waals surface area contributed by atoms with E-state index in [0.717, 1.165) is 0 Å². The van der Waals surface area contributed by atoms with Crippen LogP contribution in [-0.2, 0) is 10.8 Å². The molecule has 0 saturated heterocycles. The van der Waals surface area contributed by atoms with Crippen LogP contribution in [0.2, 0.25) is 0 Å². The largest absolute Gasteiger partial charge is 0.0701 e. The molecule has 6 aromatic rings. The molecule has 0 radical (unpaired) electrons. The molecule has 1 aliphatic carbocycles. The van der Waals surface area contributed by atoms with E-state index in [-0.39, 0.29) is 10.8 Å². The van der Waals surface area contributed by atoms with Crippen molar-refractivity contribution in [3.63, 3.8) is 0 Å². The Morgan fingerprint density at radius 2 is 0.633 bits per heavy atom. The van der Waals surface area contributed by atoms with Gasteiger partial charge in [0.05, 0.1) is 5.41 Å². The Hall–Kier alpha value is -4.68. The lowest BCUT2D eigenvalue weighted by Crippen LogP contribution is -2.31. The molecule has 49 heavy (non-hydrogen) atoms. The van der Waals surface area contributed by atoms with Crippen LogP contribution in [0.3, 0.4) is 0 Å². The minimum absolute atomic E-state index is 0.265. The molecule has 252 valence electrons. The molecule has 0 N–H and O–H groups in total. The highest BCUT2D eigenvalue weighted by Crippen LogP contribution is 2.46. The molecule has 0 nitrogen and oxygen atoms in total. The standard InChI is InChI=1S/C27H24.C18H20.2C2H6/c1-21-13-17-25(18-14-21)27(23-9-5-3-6-10-23,24-11-7-4-8-12-24)26-19-15-22(2)16-20-26;1-4-10-16(11-5-1)18(14-8-3-9-15-18)17-12-6-2-7-13-17;2*1-2/h3-20H,1-2H3;1-2,4-7,10-13H,3,8-9,14-15H2;2*1-2H3. The molecule has 0 heterocycles. The highest BCUT2D eigenvalue weighted by Gasteiger charge is 2.38. The summed E-state index contributed by atoms with van der Waals surface area (Å²) in [7, 11) is 0. The Morgan fingerprint density at radius 1 is 0.347 bits per heavy atom. The quantitative estimate of drug-likeness (QED) is 0.158. The minimum atomic E-state index is -0.343. The molecule has 1 fully saturated rings. The van der Waals surface area contributed by atoms with Gasteiger partial charge in [-0.3, -0.25) is 0 Å². The van der Waals surface area contributed by atoms with Crippen molar-refractivity contribution in [1.29, 1.82) is 0 Å². The average molecular weight is 645 g/mol. The van der Waals surface area contributed by atoms with Crippen LogP contribution in [0, 0.1) is 13.8 Å². The fourth-order valence-corrected chi connectivity index (χ4v) is 7.40. The Labute approximate surface area is 297 Å². The van der Waals surface area contributed by atoms with Gasteiger partial charge in [0.1, 0.15) is 0 Å². The molecular formula is C49H56. The summed E-state index contributed by atoms with van der Waals surface area (Å²) in [5, 5.41) is 0. The maximum absolute atomic E-state index is 2.30. The maximum atomic E-state index is 2.30. The third kappa shape index (κ3) is 8.49. The monoisotopic (exact) mass is 644 g/mol. The predicted octanol–water partition coefficient (Wildman–Crippen LogP) is 13.7. The first kappa shape index (κ1) is 37.1. The summed E-state index contributed by atoms with van der Waals surface area (Å²) in [6.45, 7) is 12.3. The number of rotatable bonds is 6. The molecule has 0 heteroatoms. The summed E-state index contributed by atoms with van der Waals surface area (Å²) >= 11 is 0. The van der Waals surface area contributed by atoms with Crippen LogP contribution >= 0.6 is 0 Å². The van der Waals surface area contributed by atoms with Crippen LogP contribution in [0.1, 0.15) is 104 Å². The SMILES string of the molecule is CC.CC.Cc1ccc(C(c2ccccc2)(c2ccccc2)c2ccc(C)cc2)cc1.c1ccc(C2(c3ccccc3)CCCCC2)cc1. The third-order valence-electron chi connectivity index (χ3n) is 9.74.